The standard InChI is InChI=1S/C15H11BrN2OS/c16-12-6-5-9(17)7-13(12)18-15(19)11-8-20-14-4-2-1-3-10(11)14/h1-8H,17H2,(H,18,19). The van der Waals surface area contributed by atoms with E-state index in [9.17, 15) is 4.79 Å². The summed E-state index contributed by atoms with van der Waals surface area (Å²) in [4.78, 5) is 12.4. The monoisotopic (exact) mass is 346 g/mol. The number of nitrogens with one attached hydrogen (secondary N) is 1. The predicted octanol–water partition coefficient (Wildman–Crippen LogP) is 4.50. The van der Waals surface area contributed by atoms with Crippen LogP contribution < -0.4 is 11.1 Å². The lowest BCUT2D eigenvalue weighted by atomic mass is 10.1. The lowest BCUT2D eigenvalue weighted by Gasteiger charge is -2.07. The zero-order valence-electron chi connectivity index (χ0n) is 10.4. The molecule has 0 bridgehead atoms. The Morgan fingerprint density at radius 3 is 2.85 bits per heavy atom. The highest BCUT2D eigenvalue weighted by Crippen LogP contribution is 2.29. The van der Waals surface area contributed by atoms with Gasteiger partial charge in [-0.15, -0.1) is 11.3 Å². The van der Waals surface area contributed by atoms with E-state index in [-0.39, 0.29) is 5.91 Å². The van der Waals surface area contributed by atoms with Crippen LogP contribution in [-0.4, -0.2) is 5.91 Å². The smallest absolute Gasteiger partial charge is 0.257 e. The summed E-state index contributed by atoms with van der Waals surface area (Å²) < 4.78 is 1.91. The molecule has 0 saturated carbocycles. The molecule has 20 heavy (non-hydrogen) atoms. The van der Waals surface area contributed by atoms with Gasteiger partial charge in [-0.05, 0) is 40.2 Å². The minimum Gasteiger partial charge on any atom is -0.399 e. The van der Waals surface area contributed by atoms with Crippen molar-refractivity contribution < 1.29 is 4.79 Å². The lowest BCUT2D eigenvalue weighted by Crippen LogP contribution is -2.11. The summed E-state index contributed by atoms with van der Waals surface area (Å²) in [5.41, 5.74) is 7.70. The molecule has 0 radical (unpaired) electrons. The molecule has 100 valence electrons. The molecule has 0 fully saturated rings. The lowest BCUT2D eigenvalue weighted by molar-refractivity contribution is 0.102. The number of nitrogen functional groups attached to an aromatic ring is 1. The van der Waals surface area contributed by atoms with Gasteiger partial charge in [0.05, 0.1) is 11.3 Å². The fourth-order valence-electron chi connectivity index (χ4n) is 1.98. The van der Waals surface area contributed by atoms with Gasteiger partial charge in [-0.2, -0.15) is 0 Å². The highest BCUT2D eigenvalue weighted by atomic mass is 79.9. The first kappa shape index (κ1) is 13.1. The Kier molecular flexibility index (Phi) is 3.46. The van der Waals surface area contributed by atoms with Crippen LogP contribution in [0.15, 0.2) is 52.3 Å². The van der Waals surface area contributed by atoms with Gasteiger partial charge in [0.25, 0.3) is 5.91 Å². The van der Waals surface area contributed by atoms with Gasteiger partial charge in [-0.25, -0.2) is 0 Å². The molecule has 1 amide bonds. The molecular formula is C15H11BrN2OS. The van der Waals surface area contributed by atoms with Crippen LogP contribution in [-0.2, 0) is 0 Å². The highest BCUT2D eigenvalue weighted by Gasteiger charge is 2.13. The van der Waals surface area contributed by atoms with Crippen molar-refractivity contribution in [3.63, 3.8) is 0 Å². The maximum Gasteiger partial charge on any atom is 0.257 e. The third-order valence-electron chi connectivity index (χ3n) is 2.96. The fourth-order valence-corrected chi connectivity index (χ4v) is 3.27. The van der Waals surface area contributed by atoms with Crippen molar-refractivity contribution in [1.82, 2.24) is 0 Å². The van der Waals surface area contributed by atoms with E-state index in [0.717, 1.165) is 14.6 Å². The molecule has 0 spiro atoms. The SMILES string of the molecule is Nc1ccc(Br)c(NC(=O)c2csc3ccccc23)c1. The number of fused-ring (bicyclic) bond motifs is 1. The second-order valence-electron chi connectivity index (χ2n) is 4.34. The Morgan fingerprint density at radius 2 is 2.00 bits per heavy atom. The number of amides is 1. The zero-order valence-corrected chi connectivity index (χ0v) is 12.8. The first-order chi connectivity index (χ1) is 9.65. The van der Waals surface area contributed by atoms with Crippen molar-refractivity contribution in [2.24, 2.45) is 0 Å². The Balaban J connectivity index is 1.95. The first-order valence-corrected chi connectivity index (χ1v) is 7.65. The van der Waals surface area contributed by atoms with Gasteiger partial charge in [-0.1, -0.05) is 18.2 Å². The van der Waals surface area contributed by atoms with Crippen LogP contribution in [0.3, 0.4) is 0 Å². The number of thiophene rings is 1. The predicted molar refractivity (Wildman–Crippen MR) is 88.3 cm³/mol. The first-order valence-electron chi connectivity index (χ1n) is 5.98. The zero-order chi connectivity index (χ0) is 14.1. The molecule has 0 aliphatic heterocycles. The van der Waals surface area contributed by atoms with Gasteiger partial charge in [0.2, 0.25) is 0 Å². The van der Waals surface area contributed by atoms with Crippen LogP contribution in [0.1, 0.15) is 10.4 Å². The average Bonchev–Trinajstić information content (AvgIpc) is 2.87. The molecule has 0 aliphatic rings. The Hall–Kier alpha value is -1.85. The summed E-state index contributed by atoms with van der Waals surface area (Å²) >= 11 is 4.97. The number of nitrogens with two attached hydrogens (primary N) is 1. The summed E-state index contributed by atoms with van der Waals surface area (Å²) in [6, 6.07) is 13.2. The molecule has 3 aromatic rings. The normalized spacial score (nSPS) is 10.7. The summed E-state index contributed by atoms with van der Waals surface area (Å²) in [7, 11) is 0. The second kappa shape index (κ2) is 5.26. The number of carbonyl (C=O) groups excluding carboxylic acids is 1. The molecule has 0 saturated heterocycles. The van der Waals surface area contributed by atoms with E-state index in [4.69, 9.17) is 5.73 Å². The average molecular weight is 347 g/mol. The van der Waals surface area contributed by atoms with Gasteiger partial charge >= 0.3 is 0 Å². The van der Waals surface area contributed by atoms with Crippen LogP contribution in [0, 0.1) is 0 Å². The second-order valence-corrected chi connectivity index (χ2v) is 6.10. The molecule has 1 aromatic heterocycles. The molecule has 0 aliphatic carbocycles. The van der Waals surface area contributed by atoms with E-state index in [1.807, 2.05) is 35.7 Å². The number of anilines is 2. The van der Waals surface area contributed by atoms with Crippen molar-refractivity contribution in [1.29, 1.82) is 0 Å². The van der Waals surface area contributed by atoms with E-state index in [1.54, 1.807) is 23.5 Å². The fraction of sp³-hybridized carbons (Fsp3) is 0. The van der Waals surface area contributed by atoms with Crippen molar-refractivity contribution >= 4 is 54.6 Å². The summed E-state index contributed by atoms with van der Waals surface area (Å²) in [5, 5.41) is 5.73. The number of carbonyl (C=O) groups is 1. The van der Waals surface area contributed by atoms with Crippen molar-refractivity contribution in [3.8, 4) is 0 Å². The van der Waals surface area contributed by atoms with Gasteiger partial charge in [0, 0.05) is 25.6 Å². The Labute approximate surface area is 128 Å². The van der Waals surface area contributed by atoms with Crippen LogP contribution in [0.2, 0.25) is 0 Å². The molecule has 3 N–H and O–H groups in total. The Bertz CT molecular complexity index is 797. The van der Waals surface area contributed by atoms with Crippen molar-refractivity contribution in [3.05, 3.63) is 57.9 Å². The quantitative estimate of drug-likeness (QED) is 0.671. The maximum absolute atomic E-state index is 12.4. The summed E-state index contributed by atoms with van der Waals surface area (Å²) in [6.45, 7) is 0. The van der Waals surface area contributed by atoms with Crippen molar-refractivity contribution in [2.75, 3.05) is 11.1 Å². The number of hydrogen-bond acceptors (Lipinski definition) is 3. The largest absolute Gasteiger partial charge is 0.399 e. The molecule has 1 heterocycles. The minimum atomic E-state index is -0.131. The van der Waals surface area contributed by atoms with E-state index >= 15 is 0 Å². The number of hydrogen-bond donors (Lipinski definition) is 2. The van der Waals surface area contributed by atoms with Crippen molar-refractivity contribution in [2.45, 2.75) is 0 Å². The molecule has 2 aromatic carbocycles. The van der Waals surface area contributed by atoms with Gasteiger partial charge in [0.1, 0.15) is 0 Å². The molecule has 0 unspecified atom stereocenters. The van der Waals surface area contributed by atoms with Crippen LogP contribution in [0.5, 0.6) is 0 Å². The van der Waals surface area contributed by atoms with Crippen LogP contribution in [0.25, 0.3) is 10.1 Å². The van der Waals surface area contributed by atoms with Gasteiger partial charge < -0.3 is 11.1 Å². The van der Waals surface area contributed by atoms with Crippen LogP contribution >= 0.6 is 27.3 Å². The van der Waals surface area contributed by atoms with Gasteiger partial charge in [-0.3, -0.25) is 4.79 Å². The highest BCUT2D eigenvalue weighted by molar-refractivity contribution is 9.10. The number of halogens is 1. The minimum absolute atomic E-state index is 0.131. The molecule has 0 atom stereocenters. The van der Waals surface area contributed by atoms with E-state index in [0.29, 0.717) is 16.9 Å². The summed E-state index contributed by atoms with van der Waals surface area (Å²) in [6.07, 6.45) is 0. The molecule has 5 heteroatoms. The number of benzene rings is 2. The third kappa shape index (κ3) is 2.42. The number of rotatable bonds is 2. The topological polar surface area (TPSA) is 55.1 Å². The Morgan fingerprint density at radius 1 is 1.20 bits per heavy atom. The van der Waals surface area contributed by atoms with E-state index in [2.05, 4.69) is 21.2 Å². The van der Waals surface area contributed by atoms with E-state index < -0.39 is 0 Å². The maximum atomic E-state index is 12.4. The molecular weight excluding hydrogens is 336 g/mol. The molecule has 3 rings (SSSR count). The van der Waals surface area contributed by atoms with Gasteiger partial charge in [0.15, 0.2) is 0 Å². The van der Waals surface area contributed by atoms with E-state index in [1.165, 1.54) is 0 Å². The third-order valence-corrected chi connectivity index (χ3v) is 4.62. The summed E-state index contributed by atoms with van der Waals surface area (Å²) in [5.74, 6) is -0.131. The van der Waals surface area contributed by atoms with Crippen LogP contribution in [0.4, 0.5) is 11.4 Å². The molecule has 3 nitrogen and oxygen atoms in total.